The van der Waals surface area contributed by atoms with Crippen molar-refractivity contribution in [3.63, 3.8) is 0 Å². The minimum absolute atomic E-state index is 0.0853. The molecule has 0 bridgehead atoms. The number of hydrogen-bond acceptors (Lipinski definition) is 4. The Labute approximate surface area is 149 Å². The van der Waals surface area contributed by atoms with Gasteiger partial charge in [0, 0.05) is 17.1 Å². The van der Waals surface area contributed by atoms with E-state index in [0.29, 0.717) is 10.9 Å². The molecule has 0 saturated heterocycles. The molecule has 1 aromatic carbocycles. The summed E-state index contributed by atoms with van der Waals surface area (Å²) in [5, 5.41) is 14.2. The van der Waals surface area contributed by atoms with Gasteiger partial charge in [0.25, 0.3) is 5.91 Å². The van der Waals surface area contributed by atoms with Crippen molar-refractivity contribution < 1.29 is 19.5 Å². The molecule has 0 aliphatic heterocycles. The molecule has 8 nitrogen and oxygen atoms in total. The zero-order valence-electron chi connectivity index (χ0n) is 14.5. The van der Waals surface area contributed by atoms with Gasteiger partial charge in [-0.15, -0.1) is 0 Å². The second-order valence-corrected chi connectivity index (χ2v) is 6.35. The average Bonchev–Trinajstić information content (AvgIpc) is 2.59. The van der Waals surface area contributed by atoms with Crippen LogP contribution >= 0.6 is 0 Å². The summed E-state index contributed by atoms with van der Waals surface area (Å²) in [7, 11) is 0. The van der Waals surface area contributed by atoms with Gasteiger partial charge < -0.3 is 20.7 Å². The SMILES string of the molecule is CC(C)CC(NC(=O)CNC(=O)c1c[nH]c2ccccc2c1=O)C(=O)O. The number of nitrogens with one attached hydrogen (secondary N) is 3. The average molecular weight is 359 g/mol. The quantitative estimate of drug-likeness (QED) is 0.583. The van der Waals surface area contributed by atoms with Gasteiger partial charge in [-0.1, -0.05) is 26.0 Å². The van der Waals surface area contributed by atoms with Crippen molar-refractivity contribution in [1.82, 2.24) is 15.6 Å². The summed E-state index contributed by atoms with van der Waals surface area (Å²) in [5.41, 5.74) is 0.0405. The number of fused-ring (bicyclic) bond motifs is 1. The first kappa shape index (κ1) is 19.2. The van der Waals surface area contributed by atoms with E-state index in [4.69, 9.17) is 5.11 Å². The van der Waals surface area contributed by atoms with Gasteiger partial charge in [-0.3, -0.25) is 14.4 Å². The van der Waals surface area contributed by atoms with E-state index in [0.717, 1.165) is 0 Å². The molecule has 1 aromatic heterocycles. The van der Waals surface area contributed by atoms with E-state index in [9.17, 15) is 19.2 Å². The Balaban J connectivity index is 2.02. The fourth-order valence-corrected chi connectivity index (χ4v) is 2.53. The summed E-state index contributed by atoms with van der Waals surface area (Å²) in [4.78, 5) is 50.4. The van der Waals surface area contributed by atoms with Crippen molar-refractivity contribution in [2.45, 2.75) is 26.3 Å². The van der Waals surface area contributed by atoms with Gasteiger partial charge in [-0.25, -0.2) is 4.79 Å². The van der Waals surface area contributed by atoms with Crippen LogP contribution in [0.2, 0.25) is 0 Å². The zero-order valence-corrected chi connectivity index (χ0v) is 14.5. The van der Waals surface area contributed by atoms with Gasteiger partial charge >= 0.3 is 5.97 Å². The lowest BCUT2D eigenvalue weighted by atomic mass is 10.0. The molecule has 0 aliphatic carbocycles. The predicted octanol–water partition coefficient (Wildman–Crippen LogP) is 0.873. The summed E-state index contributed by atoms with van der Waals surface area (Å²) >= 11 is 0. The number of benzene rings is 1. The monoisotopic (exact) mass is 359 g/mol. The van der Waals surface area contributed by atoms with Crippen LogP contribution in [-0.4, -0.2) is 40.5 Å². The lowest BCUT2D eigenvalue weighted by molar-refractivity contribution is -0.142. The number of amides is 2. The second-order valence-electron chi connectivity index (χ2n) is 6.35. The van der Waals surface area contributed by atoms with Crippen LogP contribution in [0.5, 0.6) is 0 Å². The van der Waals surface area contributed by atoms with E-state index in [2.05, 4.69) is 15.6 Å². The lowest BCUT2D eigenvalue weighted by Gasteiger charge is -2.16. The van der Waals surface area contributed by atoms with Crippen LogP contribution in [0, 0.1) is 5.92 Å². The number of aliphatic carboxylic acids is 1. The summed E-state index contributed by atoms with van der Waals surface area (Å²) in [5.74, 6) is -2.39. The molecule has 1 unspecified atom stereocenters. The topological polar surface area (TPSA) is 128 Å². The van der Waals surface area contributed by atoms with E-state index >= 15 is 0 Å². The number of para-hydroxylation sites is 1. The van der Waals surface area contributed by atoms with Crippen molar-refractivity contribution in [3.05, 3.63) is 46.2 Å². The first-order chi connectivity index (χ1) is 12.3. The van der Waals surface area contributed by atoms with Crippen LogP contribution in [0.1, 0.15) is 30.6 Å². The third-order valence-corrected chi connectivity index (χ3v) is 3.78. The first-order valence-electron chi connectivity index (χ1n) is 8.20. The van der Waals surface area contributed by atoms with Gasteiger partial charge in [-0.05, 0) is 24.5 Å². The van der Waals surface area contributed by atoms with E-state index < -0.39 is 35.8 Å². The van der Waals surface area contributed by atoms with Gasteiger partial charge in [-0.2, -0.15) is 0 Å². The van der Waals surface area contributed by atoms with Crippen LogP contribution in [-0.2, 0) is 9.59 Å². The highest BCUT2D eigenvalue weighted by atomic mass is 16.4. The highest BCUT2D eigenvalue weighted by molar-refractivity contribution is 5.99. The smallest absolute Gasteiger partial charge is 0.326 e. The molecule has 8 heteroatoms. The number of carboxylic acids is 1. The Bertz CT molecular complexity index is 888. The van der Waals surface area contributed by atoms with Crippen molar-refractivity contribution in [1.29, 1.82) is 0 Å². The first-order valence-corrected chi connectivity index (χ1v) is 8.20. The predicted molar refractivity (Wildman–Crippen MR) is 95.9 cm³/mol. The molecule has 4 N–H and O–H groups in total. The van der Waals surface area contributed by atoms with Crippen LogP contribution in [0.3, 0.4) is 0 Å². The molecule has 1 atom stereocenters. The highest BCUT2D eigenvalue weighted by Crippen LogP contribution is 2.07. The Kier molecular flexibility index (Phi) is 6.11. The normalized spacial score (nSPS) is 12.0. The number of carbonyl (C=O) groups excluding carboxylic acids is 2. The molecule has 2 aromatic rings. The molecule has 0 spiro atoms. The molecule has 2 rings (SSSR count). The minimum Gasteiger partial charge on any atom is -0.480 e. The largest absolute Gasteiger partial charge is 0.480 e. The van der Waals surface area contributed by atoms with Crippen LogP contribution in [0.25, 0.3) is 10.9 Å². The maximum Gasteiger partial charge on any atom is 0.326 e. The number of aromatic amines is 1. The highest BCUT2D eigenvalue weighted by Gasteiger charge is 2.21. The Morgan fingerprint density at radius 3 is 2.54 bits per heavy atom. The lowest BCUT2D eigenvalue weighted by Crippen LogP contribution is -2.46. The molecule has 0 saturated carbocycles. The number of hydrogen-bond donors (Lipinski definition) is 4. The zero-order chi connectivity index (χ0) is 19.3. The van der Waals surface area contributed by atoms with Crippen LogP contribution < -0.4 is 16.1 Å². The third-order valence-electron chi connectivity index (χ3n) is 3.78. The van der Waals surface area contributed by atoms with Gasteiger partial charge in [0.2, 0.25) is 11.3 Å². The number of rotatable bonds is 7. The Morgan fingerprint density at radius 2 is 1.88 bits per heavy atom. The van der Waals surface area contributed by atoms with Crippen LogP contribution in [0.15, 0.2) is 35.3 Å². The number of pyridine rings is 1. The van der Waals surface area contributed by atoms with Gasteiger partial charge in [0.15, 0.2) is 0 Å². The molecular formula is C18H21N3O5. The molecule has 0 radical (unpaired) electrons. The van der Waals surface area contributed by atoms with Gasteiger partial charge in [0.1, 0.15) is 11.6 Å². The molecular weight excluding hydrogens is 338 g/mol. The Morgan fingerprint density at radius 1 is 1.19 bits per heavy atom. The number of H-pyrrole nitrogens is 1. The fraction of sp³-hybridized carbons (Fsp3) is 0.333. The summed E-state index contributed by atoms with van der Waals surface area (Å²) in [6, 6.07) is 5.74. The minimum atomic E-state index is -1.13. The van der Waals surface area contributed by atoms with E-state index in [1.807, 2.05) is 13.8 Å². The second kappa shape index (κ2) is 8.28. The molecule has 138 valence electrons. The molecule has 26 heavy (non-hydrogen) atoms. The molecule has 2 amide bonds. The van der Waals surface area contributed by atoms with Crippen molar-refractivity contribution >= 4 is 28.7 Å². The van der Waals surface area contributed by atoms with Crippen molar-refractivity contribution in [2.24, 2.45) is 5.92 Å². The summed E-state index contributed by atoms with van der Waals surface area (Å²) in [6.07, 6.45) is 1.57. The number of aromatic nitrogens is 1. The Hall–Kier alpha value is -3.16. The number of carboxylic acid groups (broad SMARTS) is 1. The molecule has 0 aliphatic rings. The van der Waals surface area contributed by atoms with E-state index in [-0.39, 0.29) is 17.9 Å². The van der Waals surface area contributed by atoms with Crippen molar-refractivity contribution in [3.8, 4) is 0 Å². The summed E-state index contributed by atoms with van der Waals surface area (Å²) < 4.78 is 0. The molecule has 1 heterocycles. The fourth-order valence-electron chi connectivity index (χ4n) is 2.53. The van der Waals surface area contributed by atoms with Gasteiger partial charge in [0.05, 0.1) is 6.54 Å². The standard InChI is InChI=1S/C18H21N3O5/c1-10(2)7-14(18(25)26)21-15(22)9-20-17(24)12-8-19-13-6-4-3-5-11(13)16(12)23/h3-6,8,10,14H,7,9H2,1-2H3,(H,19,23)(H,20,24)(H,21,22)(H,25,26). The van der Waals surface area contributed by atoms with Crippen LogP contribution in [0.4, 0.5) is 0 Å². The summed E-state index contributed by atoms with van der Waals surface area (Å²) in [6.45, 7) is 3.26. The third kappa shape index (κ3) is 4.69. The maximum atomic E-state index is 12.3. The maximum absolute atomic E-state index is 12.3. The number of carbonyl (C=O) groups is 3. The molecule has 0 fully saturated rings. The van der Waals surface area contributed by atoms with E-state index in [1.54, 1.807) is 24.3 Å². The van der Waals surface area contributed by atoms with Crippen molar-refractivity contribution in [2.75, 3.05) is 6.54 Å². The van der Waals surface area contributed by atoms with E-state index in [1.165, 1.54) is 6.20 Å².